The summed E-state index contributed by atoms with van der Waals surface area (Å²) in [5, 5.41) is 3.94. The molecule has 0 spiro atoms. The van der Waals surface area contributed by atoms with Crippen molar-refractivity contribution in [2.24, 2.45) is 0 Å². The molecule has 0 aliphatic heterocycles. The molecular weight excluding hydrogens is 627 g/mol. The minimum absolute atomic E-state index is 0.309. The van der Waals surface area contributed by atoms with Crippen LogP contribution in [0.2, 0.25) is 0 Å². The summed E-state index contributed by atoms with van der Waals surface area (Å²) in [5.74, 6) is 1.80. The van der Waals surface area contributed by atoms with Gasteiger partial charge in [-0.25, -0.2) is 4.98 Å². The second kappa shape index (κ2) is 17.2. The minimum atomic E-state index is -2.49. The molecule has 0 amide bonds. The number of ether oxygens (including phenoxy) is 2. The van der Waals surface area contributed by atoms with Crippen LogP contribution in [0.25, 0.3) is 0 Å². The first-order valence-electron chi connectivity index (χ1n) is 17.3. The number of hydrogen-bond acceptors (Lipinski definition) is 3. The fourth-order valence-corrected chi connectivity index (χ4v) is 11.3. The van der Waals surface area contributed by atoms with Crippen molar-refractivity contribution in [2.45, 2.75) is 20.0 Å². The van der Waals surface area contributed by atoms with E-state index in [4.69, 9.17) is 9.47 Å². The van der Waals surface area contributed by atoms with Gasteiger partial charge in [-0.15, -0.1) is 0 Å². The van der Waals surface area contributed by atoms with E-state index in [0.717, 1.165) is 17.7 Å². The molecule has 0 radical (unpaired) electrons. The van der Waals surface area contributed by atoms with Crippen molar-refractivity contribution in [3.05, 3.63) is 189 Å². The van der Waals surface area contributed by atoms with Crippen molar-refractivity contribution in [2.75, 3.05) is 13.2 Å². The third-order valence-corrected chi connectivity index (χ3v) is 13.7. The van der Waals surface area contributed by atoms with Crippen LogP contribution in [-0.4, -0.2) is 37.6 Å². The molecule has 1 aromatic heterocycles. The minimum Gasteiger partial charge on any atom is -0.494 e. The maximum atomic E-state index is 5.89. The molecule has 0 unspecified atom stereocenters. The van der Waals surface area contributed by atoms with Crippen LogP contribution >= 0.6 is 0 Å². The van der Waals surface area contributed by atoms with E-state index in [9.17, 15) is 0 Å². The van der Waals surface area contributed by atoms with Gasteiger partial charge in [0.2, 0.25) is 6.71 Å². The molecule has 0 atom stereocenters. The average Bonchev–Trinajstić information content (AvgIpc) is 3.70. The van der Waals surface area contributed by atoms with Crippen LogP contribution in [0.1, 0.15) is 13.8 Å². The Morgan fingerprint density at radius 1 is 0.520 bits per heavy atom. The molecule has 0 aliphatic carbocycles. The zero-order valence-corrected chi connectivity index (χ0v) is 29.8. The second-order valence-electron chi connectivity index (χ2n) is 12.1. The number of rotatable bonds is 12. The zero-order valence-electron chi connectivity index (χ0n) is 28.8. The molecule has 1 heterocycles. The molecule has 4 nitrogen and oxygen atoms in total. The zero-order chi connectivity index (χ0) is 34.4. The first-order chi connectivity index (χ1) is 24.7. The highest BCUT2D eigenvalue weighted by molar-refractivity contribution is 7.10. The van der Waals surface area contributed by atoms with Crippen molar-refractivity contribution in [1.82, 2.24) is 9.55 Å². The standard InChI is InChI=1S/C26H28N2O2Si.C18H15B/c1-3-29-22-10-8-14-25(18-22)31(21-28-17-16-27-20-28,24-12-6-5-7-13-24)26-15-9-11-23(19-26)30-4-2;1-4-10-16(11-5-1)19(17-12-6-2-7-13-17)18-14-8-3-9-15-18/h5-20H,3-4,21H2,1-2H3;1-15H. The van der Waals surface area contributed by atoms with Gasteiger partial charge in [-0.1, -0.05) is 162 Å². The normalized spacial score (nSPS) is 10.8. The Balaban J connectivity index is 0.000000194. The summed E-state index contributed by atoms with van der Waals surface area (Å²) in [6, 6.07) is 60.1. The summed E-state index contributed by atoms with van der Waals surface area (Å²) in [6.45, 7) is 5.63. The van der Waals surface area contributed by atoms with Crippen molar-refractivity contribution in [3.8, 4) is 11.5 Å². The Bertz CT molecular complexity index is 1860. The van der Waals surface area contributed by atoms with Gasteiger partial charge < -0.3 is 14.0 Å². The Kier molecular flexibility index (Phi) is 11.8. The van der Waals surface area contributed by atoms with Gasteiger partial charge in [0.25, 0.3) is 0 Å². The van der Waals surface area contributed by atoms with E-state index in [1.54, 1.807) is 0 Å². The topological polar surface area (TPSA) is 36.3 Å². The summed E-state index contributed by atoms with van der Waals surface area (Å²) in [4.78, 5) is 4.32. The molecule has 7 aromatic rings. The van der Waals surface area contributed by atoms with Crippen LogP contribution in [0.5, 0.6) is 11.5 Å². The van der Waals surface area contributed by atoms with Gasteiger partial charge >= 0.3 is 0 Å². The number of hydrogen-bond donors (Lipinski definition) is 0. The van der Waals surface area contributed by atoms with Crippen molar-refractivity contribution < 1.29 is 9.47 Å². The van der Waals surface area contributed by atoms with Crippen LogP contribution in [0, 0.1) is 0 Å². The second-order valence-corrected chi connectivity index (χ2v) is 16.0. The lowest BCUT2D eigenvalue weighted by atomic mass is 9.37. The maximum absolute atomic E-state index is 5.89. The fourth-order valence-electron chi connectivity index (χ4n) is 6.70. The number of nitrogens with zero attached hydrogens (tertiary/aromatic N) is 2. The summed E-state index contributed by atoms with van der Waals surface area (Å²) in [7, 11) is -2.49. The van der Waals surface area contributed by atoms with Crippen LogP contribution in [0.3, 0.4) is 0 Å². The lowest BCUT2D eigenvalue weighted by Gasteiger charge is -2.34. The van der Waals surface area contributed by atoms with Crippen molar-refractivity contribution >= 4 is 46.7 Å². The van der Waals surface area contributed by atoms with Gasteiger partial charge in [-0.2, -0.15) is 0 Å². The maximum Gasteiger partial charge on any atom is 0.241 e. The van der Waals surface area contributed by atoms with Crippen LogP contribution in [0.4, 0.5) is 0 Å². The molecule has 0 saturated carbocycles. The molecular formula is C44H43BN2O2Si. The van der Waals surface area contributed by atoms with E-state index in [1.165, 1.54) is 31.9 Å². The van der Waals surface area contributed by atoms with Gasteiger partial charge in [0.05, 0.1) is 19.5 Å². The van der Waals surface area contributed by atoms with Gasteiger partial charge in [-0.05, 0) is 53.7 Å². The first kappa shape index (κ1) is 34.3. The Hall–Kier alpha value is -5.59. The molecule has 7 rings (SSSR count). The highest BCUT2D eigenvalue weighted by Gasteiger charge is 2.40. The van der Waals surface area contributed by atoms with E-state index in [2.05, 4.69) is 167 Å². The van der Waals surface area contributed by atoms with Crippen molar-refractivity contribution in [3.63, 3.8) is 0 Å². The molecule has 0 fully saturated rings. The summed E-state index contributed by atoms with van der Waals surface area (Å²) in [6.07, 6.45) is 6.63. The Morgan fingerprint density at radius 2 is 0.940 bits per heavy atom. The highest BCUT2D eigenvalue weighted by Crippen LogP contribution is 2.18. The van der Waals surface area contributed by atoms with Crippen LogP contribution in [0.15, 0.2) is 189 Å². The van der Waals surface area contributed by atoms with E-state index in [1.807, 2.05) is 44.7 Å². The van der Waals surface area contributed by atoms with Gasteiger partial charge in [-0.3, -0.25) is 0 Å². The third kappa shape index (κ3) is 8.16. The lowest BCUT2D eigenvalue weighted by Crippen LogP contribution is -2.69. The predicted molar refractivity (Wildman–Crippen MR) is 213 cm³/mol. The Morgan fingerprint density at radius 3 is 1.34 bits per heavy atom. The van der Waals surface area contributed by atoms with E-state index < -0.39 is 8.07 Å². The molecule has 0 saturated heterocycles. The summed E-state index contributed by atoms with van der Waals surface area (Å²) < 4.78 is 14.0. The number of aromatic nitrogens is 2. The molecule has 50 heavy (non-hydrogen) atoms. The van der Waals surface area contributed by atoms with Crippen molar-refractivity contribution in [1.29, 1.82) is 0 Å². The number of benzene rings is 6. The highest BCUT2D eigenvalue weighted by atomic mass is 28.3. The molecule has 248 valence electrons. The summed E-state index contributed by atoms with van der Waals surface area (Å²) in [5.41, 5.74) is 4.00. The largest absolute Gasteiger partial charge is 0.494 e. The van der Waals surface area contributed by atoms with Crippen LogP contribution in [-0.2, 0) is 6.17 Å². The van der Waals surface area contributed by atoms with Gasteiger partial charge in [0, 0.05) is 18.6 Å². The van der Waals surface area contributed by atoms with Gasteiger partial charge in [0.15, 0.2) is 8.07 Å². The molecule has 0 bridgehead atoms. The smallest absolute Gasteiger partial charge is 0.241 e. The third-order valence-electron chi connectivity index (χ3n) is 8.92. The quantitative estimate of drug-likeness (QED) is 0.126. The van der Waals surface area contributed by atoms with E-state index >= 15 is 0 Å². The fraction of sp³-hybridized carbons (Fsp3) is 0.114. The molecule has 0 N–H and O–H groups in total. The first-order valence-corrected chi connectivity index (χ1v) is 19.5. The van der Waals surface area contributed by atoms with Crippen LogP contribution < -0.4 is 41.4 Å². The molecule has 6 aromatic carbocycles. The average molecular weight is 671 g/mol. The Labute approximate surface area is 298 Å². The predicted octanol–water partition coefficient (Wildman–Crippen LogP) is 5.59. The van der Waals surface area contributed by atoms with E-state index in [0.29, 0.717) is 19.9 Å². The molecule has 0 aliphatic rings. The molecule has 6 heteroatoms. The summed E-state index contributed by atoms with van der Waals surface area (Å²) >= 11 is 0. The lowest BCUT2D eigenvalue weighted by molar-refractivity contribution is 0.340. The SMILES string of the molecule is CCOc1cccc([Si](Cn2ccnc2)(c2ccccc2)c2cccc(OCC)c2)c1.c1ccc(B(c2ccccc2)c2ccccc2)cc1. The van der Waals surface area contributed by atoms with Gasteiger partial charge in [0.1, 0.15) is 11.5 Å². The number of imidazole rings is 1. The monoisotopic (exact) mass is 670 g/mol. The van der Waals surface area contributed by atoms with E-state index in [-0.39, 0.29) is 0 Å².